The predicted octanol–water partition coefficient (Wildman–Crippen LogP) is 4.93. The number of allylic oxidation sites excluding steroid dienone is 1. The van der Waals surface area contributed by atoms with Gasteiger partial charge < -0.3 is 9.15 Å². The number of benzene rings is 2. The Hall–Kier alpha value is -2.95. The van der Waals surface area contributed by atoms with Gasteiger partial charge in [-0.15, -0.1) is 0 Å². The molecule has 3 nitrogen and oxygen atoms in total. The molecule has 0 spiro atoms. The van der Waals surface area contributed by atoms with E-state index < -0.39 is 6.61 Å². The van der Waals surface area contributed by atoms with Gasteiger partial charge in [0.1, 0.15) is 11.3 Å². The van der Waals surface area contributed by atoms with Crippen LogP contribution in [0.15, 0.2) is 65.1 Å². The first kappa shape index (κ1) is 15.0. The van der Waals surface area contributed by atoms with Crippen molar-refractivity contribution >= 4 is 22.8 Å². The molecule has 0 bridgehead atoms. The molecular weight excluding hydrogens is 302 g/mol. The van der Waals surface area contributed by atoms with Crippen molar-refractivity contribution in [2.75, 3.05) is 0 Å². The monoisotopic (exact) mass is 314 g/mol. The van der Waals surface area contributed by atoms with E-state index in [1.165, 1.54) is 18.2 Å². The van der Waals surface area contributed by atoms with Crippen molar-refractivity contribution in [1.29, 1.82) is 0 Å². The lowest BCUT2D eigenvalue weighted by Crippen LogP contribution is -2.01. The van der Waals surface area contributed by atoms with Crippen LogP contribution in [0, 0.1) is 0 Å². The molecular formula is C18H12F2O3. The number of halogens is 2. The number of rotatable bonds is 5. The molecule has 0 amide bonds. The van der Waals surface area contributed by atoms with Crippen molar-refractivity contribution in [3.63, 3.8) is 0 Å². The second-order valence-electron chi connectivity index (χ2n) is 4.79. The number of carbonyl (C=O) groups excluding carboxylic acids is 1. The summed E-state index contributed by atoms with van der Waals surface area (Å²) in [6.45, 7) is -2.86. The molecule has 0 fully saturated rings. The average molecular weight is 314 g/mol. The molecule has 0 N–H and O–H groups in total. The number of para-hydroxylation sites is 1. The van der Waals surface area contributed by atoms with E-state index in [4.69, 9.17) is 4.42 Å². The first-order valence-corrected chi connectivity index (χ1v) is 6.88. The highest BCUT2D eigenvalue weighted by atomic mass is 19.3. The number of hydrogen-bond acceptors (Lipinski definition) is 3. The van der Waals surface area contributed by atoms with Gasteiger partial charge in [-0.1, -0.05) is 36.4 Å². The zero-order chi connectivity index (χ0) is 16.2. The fourth-order valence-electron chi connectivity index (χ4n) is 2.12. The standard InChI is InChI=1S/C18H12F2O3/c19-18(20)22-14-8-5-12(6-9-14)7-10-15(21)17-11-13-3-1-2-4-16(13)23-17/h1-11,18H/b10-7+. The number of fused-ring (bicyclic) bond motifs is 1. The van der Waals surface area contributed by atoms with Gasteiger partial charge in [-0.3, -0.25) is 4.79 Å². The topological polar surface area (TPSA) is 39.4 Å². The average Bonchev–Trinajstić information content (AvgIpc) is 2.97. The summed E-state index contributed by atoms with van der Waals surface area (Å²) in [5.74, 6) is 0.0509. The van der Waals surface area contributed by atoms with E-state index in [0.717, 1.165) is 5.39 Å². The maximum atomic E-state index is 12.1. The Labute approximate surface area is 130 Å². The smallest absolute Gasteiger partial charge is 0.387 e. The van der Waals surface area contributed by atoms with Crippen LogP contribution in [0.3, 0.4) is 0 Å². The molecule has 1 aromatic heterocycles. The quantitative estimate of drug-likeness (QED) is 0.495. The molecule has 0 saturated carbocycles. The summed E-state index contributed by atoms with van der Waals surface area (Å²) in [5, 5.41) is 0.859. The summed E-state index contributed by atoms with van der Waals surface area (Å²) in [7, 11) is 0. The fraction of sp³-hybridized carbons (Fsp3) is 0.0556. The van der Waals surface area contributed by atoms with Gasteiger partial charge >= 0.3 is 6.61 Å². The Balaban J connectivity index is 1.72. The van der Waals surface area contributed by atoms with Gasteiger partial charge in [-0.05, 0) is 35.9 Å². The van der Waals surface area contributed by atoms with Gasteiger partial charge in [0, 0.05) is 5.39 Å². The molecule has 3 aromatic rings. The molecule has 0 aliphatic rings. The Morgan fingerprint density at radius 2 is 1.83 bits per heavy atom. The minimum absolute atomic E-state index is 0.0701. The van der Waals surface area contributed by atoms with E-state index >= 15 is 0 Å². The largest absolute Gasteiger partial charge is 0.453 e. The van der Waals surface area contributed by atoms with E-state index in [0.29, 0.717) is 11.1 Å². The fourth-order valence-corrected chi connectivity index (χ4v) is 2.12. The minimum atomic E-state index is -2.86. The van der Waals surface area contributed by atoms with Crippen LogP contribution in [-0.2, 0) is 0 Å². The minimum Gasteiger partial charge on any atom is -0.453 e. The Bertz CT molecular complexity index is 815. The van der Waals surface area contributed by atoms with Crippen molar-refractivity contribution in [2.45, 2.75) is 6.61 Å². The summed E-state index contributed by atoms with van der Waals surface area (Å²) in [6, 6.07) is 15.0. The highest BCUT2D eigenvalue weighted by Gasteiger charge is 2.09. The molecule has 0 atom stereocenters. The summed E-state index contributed by atoms with van der Waals surface area (Å²) in [4.78, 5) is 12.1. The van der Waals surface area contributed by atoms with Crippen molar-refractivity contribution in [2.24, 2.45) is 0 Å². The van der Waals surface area contributed by atoms with Crippen LogP contribution in [-0.4, -0.2) is 12.4 Å². The van der Waals surface area contributed by atoms with Gasteiger partial charge in [0.2, 0.25) is 5.78 Å². The molecule has 23 heavy (non-hydrogen) atoms. The van der Waals surface area contributed by atoms with E-state index in [1.807, 2.05) is 18.2 Å². The van der Waals surface area contributed by atoms with Crippen LogP contribution < -0.4 is 4.74 Å². The highest BCUT2D eigenvalue weighted by Crippen LogP contribution is 2.20. The Morgan fingerprint density at radius 3 is 2.52 bits per heavy atom. The molecule has 2 aromatic carbocycles. The number of hydrogen-bond donors (Lipinski definition) is 0. The van der Waals surface area contributed by atoms with Crippen molar-refractivity contribution in [1.82, 2.24) is 0 Å². The van der Waals surface area contributed by atoms with Crippen molar-refractivity contribution in [3.8, 4) is 5.75 Å². The van der Waals surface area contributed by atoms with Crippen molar-refractivity contribution < 1.29 is 22.7 Å². The van der Waals surface area contributed by atoms with E-state index in [1.54, 1.807) is 30.3 Å². The number of ketones is 1. The van der Waals surface area contributed by atoms with E-state index in [9.17, 15) is 13.6 Å². The van der Waals surface area contributed by atoms with Crippen LogP contribution in [0.5, 0.6) is 5.75 Å². The molecule has 1 heterocycles. The predicted molar refractivity (Wildman–Crippen MR) is 82.7 cm³/mol. The lowest BCUT2D eigenvalue weighted by atomic mass is 10.1. The number of ether oxygens (including phenoxy) is 1. The van der Waals surface area contributed by atoms with Gasteiger partial charge in [0.05, 0.1) is 0 Å². The third-order valence-corrected chi connectivity index (χ3v) is 3.20. The zero-order valence-corrected chi connectivity index (χ0v) is 11.9. The molecule has 5 heteroatoms. The Morgan fingerprint density at radius 1 is 1.09 bits per heavy atom. The zero-order valence-electron chi connectivity index (χ0n) is 11.9. The molecule has 0 saturated heterocycles. The molecule has 0 aliphatic carbocycles. The molecule has 3 rings (SSSR count). The molecule has 0 unspecified atom stereocenters. The van der Waals surface area contributed by atoms with Crippen LogP contribution in [0.2, 0.25) is 0 Å². The van der Waals surface area contributed by atoms with Gasteiger partial charge in [0.25, 0.3) is 0 Å². The summed E-state index contributed by atoms with van der Waals surface area (Å²) in [5.41, 5.74) is 1.34. The van der Waals surface area contributed by atoms with E-state index in [-0.39, 0.29) is 17.3 Å². The summed E-state index contributed by atoms with van der Waals surface area (Å²) >= 11 is 0. The van der Waals surface area contributed by atoms with Gasteiger partial charge in [0.15, 0.2) is 5.76 Å². The number of alkyl halides is 2. The molecule has 0 radical (unpaired) electrons. The van der Waals surface area contributed by atoms with Gasteiger partial charge in [-0.2, -0.15) is 8.78 Å². The molecule has 0 aliphatic heterocycles. The summed E-state index contributed by atoms with van der Waals surface area (Å²) in [6.07, 6.45) is 2.96. The maximum Gasteiger partial charge on any atom is 0.387 e. The second kappa shape index (κ2) is 6.44. The van der Waals surface area contributed by atoms with Crippen LogP contribution in [0.25, 0.3) is 17.0 Å². The number of furan rings is 1. The lowest BCUT2D eigenvalue weighted by Gasteiger charge is -2.03. The van der Waals surface area contributed by atoms with Crippen LogP contribution in [0.4, 0.5) is 8.78 Å². The van der Waals surface area contributed by atoms with Crippen LogP contribution >= 0.6 is 0 Å². The van der Waals surface area contributed by atoms with E-state index in [2.05, 4.69) is 4.74 Å². The first-order valence-electron chi connectivity index (χ1n) is 6.88. The normalized spacial score (nSPS) is 11.4. The Kier molecular flexibility index (Phi) is 4.19. The second-order valence-corrected chi connectivity index (χ2v) is 4.79. The summed E-state index contributed by atoms with van der Waals surface area (Å²) < 4.78 is 33.9. The number of carbonyl (C=O) groups is 1. The third kappa shape index (κ3) is 3.63. The van der Waals surface area contributed by atoms with Gasteiger partial charge in [-0.25, -0.2) is 0 Å². The molecule has 116 valence electrons. The SMILES string of the molecule is O=C(/C=C/c1ccc(OC(F)F)cc1)c1cc2ccccc2o1. The lowest BCUT2D eigenvalue weighted by molar-refractivity contribution is -0.0498. The van der Waals surface area contributed by atoms with Crippen LogP contribution in [0.1, 0.15) is 16.1 Å². The maximum absolute atomic E-state index is 12.1. The first-order chi connectivity index (χ1) is 11.1. The third-order valence-electron chi connectivity index (χ3n) is 3.20. The highest BCUT2D eigenvalue weighted by molar-refractivity contribution is 6.06. The van der Waals surface area contributed by atoms with Crippen molar-refractivity contribution in [3.05, 3.63) is 72.0 Å².